The molecule has 2 amide bonds. The van der Waals surface area contributed by atoms with E-state index in [1.807, 2.05) is 60.7 Å². The molecule has 0 spiro atoms. The molecule has 0 heterocycles. The van der Waals surface area contributed by atoms with Crippen LogP contribution in [0.1, 0.15) is 52.2 Å². The van der Waals surface area contributed by atoms with E-state index >= 15 is 0 Å². The van der Waals surface area contributed by atoms with Crippen molar-refractivity contribution in [2.24, 2.45) is 0 Å². The minimum atomic E-state index is -0.885. The molecular formula is C26H36N2O5. The summed E-state index contributed by atoms with van der Waals surface area (Å²) >= 11 is 0. The van der Waals surface area contributed by atoms with E-state index < -0.39 is 29.6 Å². The average Bonchev–Trinajstić information content (AvgIpc) is 2.76. The molecule has 0 radical (unpaired) electrons. The molecule has 1 unspecified atom stereocenters. The van der Waals surface area contributed by atoms with E-state index in [-0.39, 0.29) is 19.6 Å². The number of rotatable bonds is 8. The van der Waals surface area contributed by atoms with Crippen molar-refractivity contribution in [1.29, 1.82) is 0 Å². The highest BCUT2D eigenvalue weighted by Crippen LogP contribution is 2.08. The molecule has 33 heavy (non-hydrogen) atoms. The van der Waals surface area contributed by atoms with Gasteiger partial charge in [0.05, 0.1) is 0 Å². The number of alkyl carbamates (subject to hydrolysis) is 1. The first-order valence-corrected chi connectivity index (χ1v) is 11.1. The molecule has 0 aliphatic carbocycles. The Hall–Kier alpha value is -3.35. The Balaban J connectivity index is 0.00000172. The third-order valence-electron chi connectivity index (χ3n) is 3.92. The molecule has 2 aromatic carbocycles. The van der Waals surface area contributed by atoms with E-state index in [1.165, 1.54) is 6.42 Å². The SMILES string of the molecule is CC(C)(C)OC(=O)NCC(=O)NC(Cc1ccccc1)C(=O)OCc1ccccc1.CCC. The second-order valence-corrected chi connectivity index (χ2v) is 8.47. The molecule has 0 saturated heterocycles. The zero-order valence-electron chi connectivity index (χ0n) is 20.2. The number of nitrogens with one attached hydrogen (secondary N) is 2. The first-order chi connectivity index (χ1) is 15.6. The Morgan fingerprint density at radius 3 is 1.91 bits per heavy atom. The van der Waals surface area contributed by atoms with E-state index in [1.54, 1.807) is 20.8 Å². The van der Waals surface area contributed by atoms with E-state index in [2.05, 4.69) is 24.5 Å². The normalized spacial score (nSPS) is 11.3. The summed E-state index contributed by atoms with van der Waals surface area (Å²) in [6.07, 6.45) is 0.816. The van der Waals surface area contributed by atoms with Gasteiger partial charge in [-0.25, -0.2) is 9.59 Å². The fourth-order valence-corrected chi connectivity index (χ4v) is 2.58. The number of hydrogen-bond donors (Lipinski definition) is 2. The third kappa shape index (κ3) is 12.9. The lowest BCUT2D eigenvalue weighted by molar-refractivity contribution is -0.149. The minimum absolute atomic E-state index is 0.108. The van der Waals surface area contributed by atoms with Crippen LogP contribution in [0.15, 0.2) is 60.7 Å². The van der Waals surface area contributed by atoms with Gasteiger partial charge in [0.15, 0.2) is 0 Å². The fraction of sp³-hybridized carbons (Fsp3) is 0.423. The van der Waals surface area contributed by atoms with Crippen molar-refractivity contribution in [3.8, 4) is 0 Å². The minimum Gasteiger partial charge on any atom is -0.459 e. The second-order valence-electron chi connectivity index (χ2n) is 8.47. The lowest BCUT2D eigenvalue weighted by atomic mass is 10.1. The Morgan fingerprint density at radius 1 is 0.879 bits per heavy atom. The summed E-state index contributed by atoms with van der Waals surface area (Å²) in [6.45, 7) is 9.23. The van der Waals surface area contributed by atoms with Crippen LogP contribution < -0.4 is 10.6 Å². The number of carbonyl (C=O) groups is 3. The fourth-order valence-electron chi connectivity index (χ4n) is 2.58. The van der Waals surface area contributed by atoms with Crippen molar-refractivity contribution < 1.29 is 23.9 Å². The van der Waals surface area contributed by atoms with Gasteiger partial charge in [0.2, 0.25) is 5.91 Å². The predicted molar refractivity (Wildman–Crippen MR) is 129 cm³/mol. The number of carbonyl (C=O) groups excluding carboxylic acids is 3. The van der Waals surface area contributed by atoms with Crippen molar-refractivity contribution >= 4 is 18.0 Å². The molecule has 0 aliphatic rings. The maximum Gasteiger partial charge on any atom is 0.408 e. The molecule has 0 aliphatic heterocycles. The highest BCUT2D eigenvalue weighted by molar-refractivity contribution is 5.87. The summed E-state index contributed by atoms with van der Waals surface area (Å²) in [5.41, 5.74) is 1.05. The van der Waals surface area contributed by atoms with E-state index in [9.17, 15) is 14.4 Å². The Morgan fingerprint density at radius 2 is 1.39 bits per heavy atom. The summed E-state index contributed by atoms with van der Waals surface area (Å²) in [5, 5.41) is 5.02. The van der Waals surface area contributed by atoms with Gasteiger partial charge in [0.25, 0.3) is 0 Å². The molecule has 1 atom stereocenters. The van der Waals surface area contributed by atoms with Crippen molar-refractivity contribution in [1.82, 2.24) is 10.6 Å². The summed E-state index contributed by atoms with van der Waals surface area (Å²) < 4.78 is 10.5. The molecule has 180 valence electrons. The molecule has 0 saturated carbocycles. The zero-order chi connectivity index (χ0) is 24.7. The standard InChI is InChI=1S/C23H28N2O5.C3H8/c1-23(2,3)30-22(28)24-15-20(26)25-19(14-17-10-6-4-7-11-17)21(27)29-16-18-12-8-5-9-13-18;1-3-2/h4-13,19H,14-16H2,1-3H3,(H,24,28)(H,25,26);3H2,1-2H3. The van der Waals surface area contributed by atoms with Crippen LogP contribution in [-0.4, -0.2) is 36.2 Å². The van der Waals surface area contributed by atoms with E-state index in [0.717, 1.165) is 11.1 Å². The highest BCUT2D eigenvalue weighted by atomic mass is 16.6. The van der Waals surface area contributed by atoms with Crippen LogP contribution in [0.25, 0.3) is 0 Å². The van der Waals surface area contributed by atoms with Crippen molar-refractivity contribution in [2.75, 3.05) is 6.54 Å². The molecule has 2 N–H and O–H groups in total. The first-order valence-electron chi connectivity index (χ1n) is 11.1. The van der Waals surface area contributed by atoms with Crippen LogP contribution in [0, 0.1) is 0 Å². The molecule has 0 aromatic heterocycles. The Bertz CT molecular complexity index is 848. The monoisotopic (exact) mass is 456 g/mol. The molecule has 0 bridgehead atoms. The quantitative estimate of drug-likeness (QED) is 0.574. The zero-order valence-corrected chi connectivity index (χ0v) is 20.2. The molecule has 2 aromatic rings. The average molecular weight is 457 g/mol. The lowest BCUT2D eigenvalue weighted by Crippen LogP contribution is -2.47. The molecule has 2 rings (SSSR count). The number of esters is 1. The second kappa shape index (κ2) is 14.7. The van der Waals surface area contributed by atoms with Crippen molar-refractivity contribution in [3.05, 3.63) is 71.8 Å². The van der Waals surface area contributed by atoms with Gasteiger partial charge in [-0.15, -0.1) is 0 Å². The lowest BCUT2D eigenvalue weighted by Gasteiger charge is -2.20. The van der Waals surface area contributed by atoms with E-state index in [4.69, 9.17) is 9.47 Å². The Labute approximate surface area is 196 Å². The first kappa shape index (κ1) is 27.7. The van der Waals surface area contributed by atoms with Crippen LogP contribution in [0.2, 0.25) is 0 Å². The maximum atomic E-state index is 12.6. The molecule has 7 heteroatoms. The third-order valence-corrected chi connectivity index (χ3v) is 3.92. The number of ether oxygens (including phenoxy) is 2. The van der Waals surface area contributed by atoms with Crippen LogP contribution in [0.3, 0.4) is 0 Å². The van der Waals surface area contributed by atoms with Gasteiger partial charge in [0, 0.05) is 6.42 Å². The topological polar surface area (TPSA) is 93.7 Å². The Kier molecular flexibility index (Phi) is 12.3. The van der Waals surface area contributed by atoms with Crippen molar-refractivity contribution in [2.45, 2.75) is 65.7 Å². The maximum absolute atomic E-state index is 12.6. The highest BCUT2D eigenvalue weighted by Gasteiger charge is 2.24. The van der Waals surface area contributed by atoms with Gasteiger partial charge in [0.1, 0.15) is 24.8 Å². The smallest absolute Gasteiger partial charge is 0.408 e. The number of amides is 2. The largest absolute Gasteiger partial charge is 0.459 e. The van der Waals surface area contributed by atoms with Crippen molar-refractivity contribution in [3.63, 3.8) is 0 Å². The van der Waals surface area contributed by atoms with Crippen LogP contribution in [0.5, 0.6) is 0 Å². The predicted octanol–water partition coefficient (Wildman–Crippen LogP) is 4.40. The molecule has 0 fully saturated rings. The van der Waals surface area contributed by atoms with Crippen LogP contribution in [0.4, 0.5) is 4.79 Å². The molecule has 7 nitrogen and oxygen atoms in total. The summed E-state index contributed by atoms with van der Waals surface area (Å²) in [6, 6.07) is 17.7. The molecular weight excluding hydrogens is 420 g/mol. The van der Waals surface area contributed by atoms with Gasteiger partial charge >= 0.3 is 12.1 Å². The number of benzene rings is 2. The van der Waals surface area contributed by atoms with Gasteiger partial charge in [-0.2, -0.15) is 0 Å². The summed E-state index contributed by atoms with van der Waals surface area (Å²) in [4.78, 5) is 36.7. The van der Waals surface area contributed by atoms with Crippen LogP contribution >= 0.6 is 0 Å². The summed E-state index contributed by atoms with van der Waals surface area (Å²) in [5.74, 6) is -1.06. The van der Waals surface area contributed by atoms with Crippen LogP contribution in [-0.2, 0) is 32.1 Å². The van der Waals surface area contributed by atoms with Gasteiger partial charge in [-0.3, -0.25) is 4.79 Å². The summed E-state index contributed by atoms with van der Waals surface area (Å²) in [7, 11) is 0. The number of hydrogen-bond acceptors (Lipinski definition) is 5. The van der Waals surface area contributed by atoms with Gasteiger partial charge in [-0.1, -0.05) is 80.9 Å². The van der Waals surface area contributed by atoms with Gasteiger partial charge in [-0.05, 0) is 31.9 Å². The van der Waals surface area contributed by atoms with Gasteiger partial charge < -0.3 is 20.1 Å². The van der Waals surface area contributed by atoms with E-state index in [0.29, 0.717) is 0 Å².